The fourth-order valence-corrected chi connectivity index (χ4v) is 3.85. The second-order valence-electron chi connectivity index (χ2n) is 7.51. The van der Waals surface area contributed by atoms with E-state index >= 15 is 0 Å². The Labute approximate surface area is 185 Å². The van der Waals surface area contributed by atoms with E-state index in [0.717, 1.165) is 5.69 Å². The SMILES string of the molecule is CC[C@H](C(=O)Nc1ccccc1OC)n1nc(C)c2nn(-c3ccccc3)c(C)c2c1=O. The number of rotatable bonds is 6. The van der Waals surface area contributed by atoms with Gasteiger partial charge in [0, 0.05) is 0 Å². The molecule has 1 atom stereocenters. The molecule has 8 heteroatoms. The zero-order valence-corrected chi connectivity index (χ0v) is 18.5. The lowest BCUT2D eigenvalue weighted by Crippen LogP contribution is -2.35. The van der Waals surface area contributed by atoms with Crippen LogP contribution < -0.4 is 15.6 Å². The van der Waals surface area contributed by atoms with Crippen LogP contribution >= 0.6 is 0 Å². The number of nitrogens with one attached hydrogen (secondary N) is 1. The van der Waals surface area contributed by atoms with Crippen LogP contribution in [0.5, 0.6) is 5.75 Å². The fourth-order valence-electron chi connectivity index (χ4n) is 3.85. The largest absolute Gasteiger partial charge is 0.495 e. The Morgan fingerprint density at radius 2 is 1.75 bits per heavy atom. The molecule has 0 spiro atoms. The van der Waals surface area contributed by atoms with E-state index in [1.807, 2.05) is 50.2 Å². The number of carbonyl (C=O) groups excluding carboxylic acids is 1. The number of amides is 1. The first-order chi connectivity index (χ1) is 15.5. The molecular weight excluding hydrogens is 406 g/mol. The minimum Gasteiger partial charge on any atom is -0.495 e. The lowest BCUT2D eigenvalue weighted by atomic mass is 10.1. The van der Waals surface area contributed by atoms with Gasteiger partial charge in [-0.2, -0.15) is 10.2 Å². The highest BCUT2D eigenvalue weighted by atomic mass is 16.5. The molecular formula is C24H25N5O3. The van der Waals surface area contributed by atoms with Gasteiger partial charge in [0.05, 0.1) is 35.3 Å². The predicted octanol–water partition coefficient (Wildman–Crippen LogP) is 3.80. The number of hydrogen-bond acceptors (Lipinski definition) is 5. The van der Waals surface area contributed by atoms with Crippen molar-refractivity contribution in [1.82, 2.24) is 19.6 Å². The highest BCUT2D eigenvalue weighted by Crippen LogP contribution is 2.25. The van der Waals surface area contributed by atoms with Crippen molar-refractivity contribution in [2.24, 2.45) is 0 Å². The van der Waals surface area contributed by atoms with Gasteiger partial charge in [-0.1, -0.05) is 37.3 Å². The van der Waals surface area contributed by atoms with Crippen LogP contribution in [0.2, 0.25) is 0 Å². The van der Waals surface area contributed by atoms with Gasteiger partial charge in [-0.05, 0) is 44.5 Å². The summed E-state index contributed by atoms with van der Waals surface area (Å²) in [4.78, 5) is 26.6. The zero-order chi connectivity index (χ0) is 22.8. The zero-order valence-electron chi connectivity index (χ0n) is 18.5. The molecule has 0 radical (unpaired) electrons. The number of para-hydroxylation sites is 3. The number of nitrogens with zero attached hydrogens (tertiary/aromatic N) is 4. The first kappa shape index (κ1) is 21.3. The fraction of sp³-hybridized carbons (Fsp3) is 0.250. The van der Waals surface area contributed by atoms with E-state index in [4.69, 9.17) is 4.74 Å². The quantitative estimate of drug-likeness (QED) is 0.501. The van der Waals surface area contributed by atoms with Crippen molar-refractivity contribution in [3.63, 3.8) is 0 Å². The third-order valence-corrected chi connectivity index (χ3v) is 5.49. The second-order valence-corrected chi connectivity index (χ2v) is 7.51. The van der Waals surface area contributed by atoms with Crippen LogP contribution in [0.1, 0.15) is 30.8 Å². The van der Waals surface area contributed by atoms with Crippen LogP contribution in [0.3, 0.4) is 0 Å². The van der Waals surface area contributed by atoms with Crippen molar-refractivity contribution in [3.8, 4) is 11.4 Å². The third-order valence-electron chi connectivity index (χ3n) is 5.49. The highest BCUT2D eigenvalue weighted by molar-refractivity contribution is 5.95. The first-order valence-electron chi connectivity index (χ1n) is 10.4. The molecule has 32 heavy (non-hydrogen) atoms. The van der Waals surface area contributed by atoms with Gasteiger partial charge < -0.3 is 10.1 Å². The standard InChI is InChI=1S/C24H25N5O3/c1-5-19(23(30)25-18-13-9-10-14-20(18)32-4)29-24(31)21-16(3)28(17-11-7-6-8-12-17)27-22(21)15(2)26-29/h6-14,19H,5H2,1-4H3,(H,25,30)/t19-/m1/s1. The van der Waals surface area contributed by atoms with E-state index in [9.17, 15) is 9.59 Å². The summed E-state index contributed by atoms with van der Waals surface area (Å²) in [7, 11) is 1.54. The topological polar surface area (TPSA) is 91.0 Å². The Bertz CT molecular complexity index is 1340. The van der Waals surface area contributed by atoms with E-state index < -0.39 is 6.04 Å². The summed E-state index contributed by atoms with van der Waals surface area (Å²) in [6.45, 7) is 5.49. The minimum atomic E-state index is -0.782. The van der Waals surface area contributed by atoms with E-state index in [1.165, 1.54) is 4.68 Å². The molecule has 164 valence electrons. The second kappa shape index (κ2) is 8.66. The molecule has 4 rings (SSSR count). The van der Waals surface area contributed by atoms with Crippen LogP contribution in [0, 0.1) is 13.8 Å². The van der Waals surface area contributed by atoms with Gasteiger partial charge in [-0.15, -0.1) is 0 Å². The van der Waals surface area contributed by atoms with Crippen LogP contribution in [-0.2, 0) is 4.79 Å². The number of methoxy groups -OCH3 is 1. The number of ether oxygens (including phenoxy) is 1. The van der Waals surface area contributed by atoms with Gasteiger partial charge in [0.25, 0.3) is 5.56 Å². The summed E-state index contributed by atoms with van der Waals surface area (Å²) in [6.07, 6.45) is 0.394. The Kier molecular flexibility index (Phi) is 5.77. The molecule has 4 aromatic rings. The Hall–Kier alpha value is -3.94. The summed E-state index contributed by atoms with van der Waals surface area (Å²) in [5, 5.41) is 12.4. The lowest BCUT2D eigenvalue weighted by Gasteiger charge is -2.18. The predicted molar refractivity (Wildman–Crippen MR) is 124 cm³/mol. The smallest absolute Gasteiger partial charge is 0.278 e. The number of hydrogen-bond donors (Lipinski definition) is 1. The van der Waals surface area contributed by atoms with E-state index in [2.05, 4.69) is 15.5 Å². The molecule has 0 saturated heterocycles. The minimum absolute atomic E-state index is 0.335. The van der Waals surface area contributed by atoms with Crippen molar-refractivity contribution in [1.29, 1.82) is 0 Å². The number of aromatic nitrogens is 4. The molecule has 2 aromatic carbocycles. The molecule has 0 saturated carbocycles. The van der Waals surface area contributed by atoms with Crippen LogP contribution in [0.15, 0.2) is 59.4 Å². The number of carbonyl (C=O) groups is 1. The number of fused-ring (bicyclic) bond motifs is 1. The number of anilines is 1. The highest BCUT2D eigenvalue weighted by Gasteiger charge is 2.26. The van der Waals surface area contributed by atoms with Gasteiger partial charge in [0.2, 0.25) is 5.91 Å². The number of benzene rings is 2. The molecule has 0 aliphatic carbocycles. The normalized spacial score (nSPS) is 12.0. The average Bonchev–Trinajstić information content (AvgIpc) is 3.16. The van der Waals surface area contributed by atoms with E-state index in [1.54, 1.807) is 36.9 Å². The lowest BCUT2D eigenvalue weighted by molar-refractivity contribution is -0.119. The van der Waals surface area contributed by atoms with Crippen LogP contribution in [0.4, 0.5) is 5.69 Å². The van der Waals surface area contributed by atoms with Crippen molar-refractivity contribution >= 4 is 22.5 Å². The molecule has 2 heterocycles. The Morgan fingerprint density at radius 3 is 2.44 bits per heavy atom. The van der Waals surface area contributed by atoms with Crippen molar-refractivity contribution in [3.05, 3.63) is 76.3 Å². The Morgan fingerprint density at radius 1 is 1.06 bits per heavy atom. The van der Waals surface area contributed by atoms with E-state index in [0.29, 0.717) is 40.1 Å². The summed E-state index contributed by atoms with van der Waals surface area (Å²) >= 11 is 0. The first-order valence-corrected chi connectivity index (χ1v) is 10.4. The maximum atomic E-state index is 13.5. The van der Waals surface area contributed by atoms with Gasteiger partial charge in [-0.25, -0.2) is 9.36 Å². The Balaban J connectivity index is 1.79. The maximum absolute atomic E-state index is 13.5. The van der Waals surface area contributed by atoms with Gasteiger partial charge in [0.15, 0.2) is 0 Å². The summed E-state index contributed by atoms with van der Waals surface area (Å²) in [5.74, 6) is 0.209. The molecule has 0 unspecified atom stereocenters. The third kappa shape index (κ3) is 3.64. The van der Waals surface area contributed by atoms with Crippen molar-refractivity contribution in [2.75, 3.05) is 12.4 Å². The van der Waals surface area contributed by atoms with E-state index in [-0.39, 0.29) is 11.5 Å². The van der Waals surface area contributed by atoms with Gasteiger partial charge >= 0.3 is 0 Å². The number of aryl methyl sites for hydroxylation is 2. The maximum Gasteiger partial charge on any atom is 0.278 e. The summed E-state index contributed by atoms with van der Waals surface area (Å²) < 4.78 is 8.32. The van der Waals surface area contributed by atoms with Crippen molar-refractivity contribution in [2.45, 2.75) is 33.2 Å². The van der Waals surface area contributed by atoms with Gasteiger partial charge in [-0.3, -0.25) is 9.59 Å². The molecule has 0 aliphatic heterocycles. The monoisotopic (exact) mass is 431 g/mol. The summed E-state index contributed by atoms with van der Waals surface area (Å²) in [6, 6.07) is 16.0. The molecule has 2 aromatic heterocycles. The van der Waals surface area contributed by atoms with Gasteiger partial charge in [0.1, 0.15) is 17.3 Å². The molecule has 1 amide bonds. The molecule has 8 nitrogen and oxygen atoms in total. The van der Waals surface area contributed by atoms with Crippen molar-refractivity contribution < 1.29 is 9.53 Å². The summed E-state index contributed by atoms with van der Waals surface area (Å²) in [5.41, 5.74) is 2.88. The van der Waals surface area contributed by atoms with Crippen LogP contribution in [-0.4, -0.2) is 32.6 Å². The van der Waals surface area contributed by atoms with Crippen LogP contribution in [0.25, 0.3) is 16.6 Å². The molecule has 1 N–H and O–H groups in total. The molecule has 0 fully saturated rings. The molecule has 0 bridgehead atoms. The average molecular weight is 431 g/mol. The molecule has 0 aliphatic rings.